The smallest absolute Gasteiger partial charge is 0.342 e. The van der Waals surface area contributed by atoms with Crippen LogP contribution in [0, 0.1) is 0 Å². The molecule has 0 bridgehead atoms. The van der Waals surface area contributed by atoms with Crippen LogP contribution >= 0.6 is 0 Å². The Morgan fingerprint density at radius 2 is 2.00 bits per heavy atom. The van der Waals surface area contributed by atoms with Gasteiger partial charge in [0.05, 0.1) is 0 Å². The van der Waals surface area contributed by atoms with Gasteiger partial charge in [0.15, 0.2) is 12.4 Å². The lowest BCUT2D eigenvalue weighted by molar-refractivity contribution is 0.0459. The summed E-state index contributed by atoms with van der Waals surface area (Å²) in [7, 11) is 3.51. The number of nitrogens with two attached hydrogens (primary N) is 1. The van der Waals surface area contributed by atoms with E-state index < -0.39 is 5.97 Å². The van der Waals surface area contributed by atoms with E-state index in [0.717, 1.165) is 0 Å². The van der Waals surface area contributed by atoms with Gasteiger partial charge in [-0.25, -0.2) is 4.79 Å². The van der Waals surface area contributed by atoms with Crippen LogP contribution < -0.4 is 10.6 Å². The number of anilines is 2. The Bertz CT molecular complexity index is 660. The average molecular weight is 289 g/mol. The number of carbonyl (C=O) groups excluding carboxylic acids is 1. The molecule has 0 aliphatic rings. The van der Waals surface area contributed by atoms with Gasteiger partial charge in [0.25, 0.3) is 0 Å². The predicted molar refractivity (Wildman–Crippen MR) is 75.8 cm³/mol. The number of hydrogen-bond acceptors (Lipinski definition) is 8. The minimum Gasteiger partial charge on any atom is -0.507 e. The lowest BCUT2D eigenvalue weighted by Crippen LogP contribution is -2.17. The first-order valence-electron chi connectivity index (χ1n) is 6.10. The summed E-state index contributed by atoms with van der Waals surface area (Å²) >= 11 is 0. The topological polar surface area (TPSA) is 114 Å². The first-order chi connectivity index (χ1) is 9.97. The quantitative estimate of drug-likeness (QED) is 0.786. The Morgan fingerprint density at radius 1 is 1.29 bits per heavy atom. The number of para-hydroxylation sites is 1. The molecule has 1 aromatic carbocycles. The lowest BCUT2D eigenvalue weighted by atomic mass is 10.2. The van der Waals surface area contributed by atoms with Gasteiger partial charge in [0, 0.05) is 14.1 Å². The van der Waals surface area contributed by atoms with Gasteiger partial charge in [-0.3, -0.25) is 0 Å². The van der Waals surface area contributed by atoms with Crippen LogP contribution in [0.3, 0.4) is 0 Å². The van der Waals surface area contributed by atoms with Crippen molar-refractivity contribution in [3.63, 3.8) is 0 Å². The summed E-state index contributed by atoms with van der Waals surface area (Å²) in [6, 6.07) is 6.11. The summed E-state index contributed by atoms with van der Waals surface area (Å²) in [5.41, 5.74) is 5.65. The van der Waals surface area contributed by atoms with Gasteiger partial charge >= 0.3 is 5.97 Å². The molecule has 8 heteroatoms. The third kappa shape index (κ3) is 3.56. The molecular weight excluding hydrogens is 274 g/mol. The van der Waals surface area contributed by atoms with Gasteiger partial charge < -0.3 is 20.5 Å². The summed E-state index contributed by atoms with van der Waals surface area (Å²) in [4.78, 5) is 25.4. The van der Waals surface area contributed by atoms with Crippen molar-refractivity contribution in [2.45, 2.75) is 6.61 Å². The van der Waals surface area contributed by atoms with Gasteiger partial charge in [0.1, 0.15) is 11.3 Å². The monoisotopic (exact) mass is 289 g/mol. The summed E-state index contributed by atoms with van der Waals surface area (Å²) < 4.78 is 5.06. The minimum atomic E-state index is -0.668. The van der Waals surface area contributed by atoms with Gasteiger partial charge in [-0.1, -0.05) is 12.1 Å². The number of rotatable bonds is 4. The average Bonchev–Trinajstić information content (AvgIpc) is 2.44. The maximum absolute atomic E-state index is 11.8. The van der Waals surface area contributed by atoms with E-state index >= 15 is 0 Å². The fourth-order valence-corrected chi connectivity index (χ4v) is 1.54. The maximum Gasteiger partial charge on any atom is 0.342 e. The standard InChI is InChI=1S/C13H15N5O3/c1-18(2)13-16-10(15-12(14)17-13)7-21-11(20)8-5-3-4-6-9(8)19/h3-6,19H,7H2,1-2H3,(H2,14,15,16,17). The summed E-state index contributed by atoms with van der Waals surface area (Å²) in [6.45, 7) is -0.166. The zero-order valence-corrected chi connectivity index (χ0v) is 11.6. The second-order valence-corrected chi connectivity index (χ2v) is 4.40. The molecule has 0 amide bonds. The molecule has 3 N–H and O–H groups in total. The van der Waals surface area contributed by atoms with Gasteiger partial charge in [0.2, 0.25) is 11.9 Å². The number of carbonyl (C=O) groups is 1. The zero-order chi connectivity index (χ0) is 15.4. The number of nitrogens with zero attached hydrogens (tertiary/aromatic N) is 4. The van der Waals surface area contributed by atoms with E-state index in [2.05, 4.69) is 15.0 Å². The van der Waals surface area contributed by atoms with Crippen LogP contribution in [0.5, 0.6) is 5.75 Å². The number of benzene rings is 1. The first-order valence-corrected chi connectivity index (χ1v) is 6.10. The second-order valence-electron chi connectivity index (χ2n) is 4.40. The molecule has 8 nitrogen and oxygen atoms in total. The van der Waals surface area contributed by atoms with Crippen LogP contribution in [0.2, 0.25) is 0 Å². The fourth-order valence-electron chi connectivity index (χ4n) is 1.54. The number of esters is 1. The second kappa shape index (κ2) is 6.04. The van der Waals surface area contributed by atoms with Crippen molar-refractivity contribution in [1.82, 2.24) is 15.0 Å². The highest BCUT2D eigenvalue weighted by atomic mass is 16.5. The van der Waals surface area contributed by atoms with Crippen molar-refractivity contribution in [3.8, 4) is 5.75 Å². The molecule has 1 aromatic heterocycles. The maximum atomic E-state index is 11.8. The van der Waals surface area contributed by atoms with Gasteiger partial charge in [-0.2, -0.15) is 15.0 Å². The highest BCUT2D eigenvalue weighted by molar-refractivity contribution is 5.92. The Hall–Kier alpha value is -2.90. The molecule has 0 aliphatic heterocycles. The molecule has 110 valence electrons. The van der Waals surface area contributed by atoms with Crippen LogP contribution in [0.25, 0.3) is 0 Å². The zero-order valence-electron chi connectivity index (χ0n) is 11.6. The summed E-state index contributed by atoms with van der Waals surface area (Å²) in [5.74, 6) is -0.168. The largest absolute Gasteiger partial charge is 0.507 e. The van der Waals surface area contributed by atoms with Crippen LogP contribution in [-0.2, 0) is 11.3 Å². The molecule has 2 aromatic rings. The van der Waals surface area contributed by atoms with Crippen molar-refractivity contribution in [2.24, 2.45) is 0 Å². The molecular formula is C13H15N5O3. The molecule has 0 unspecified atom stereocenters. The number of phenols is 1. The summed E-state index contributed by atoms with van der Waals surface area (Å²) in [6.07, 6.45) is 0. The highest BCUT2D eigenvalue weighted by Gasteiger charge is 2.13. The van der Waals surface area contributed by atoms with Crippen molar-refractivity contribution >= 4 is 17.9 Å². The summed E-state index contributed by atoms with van der Waals surface area (Å²) in [5, 5.41) is 9.57. The number of ether oxygens (including phenoxy) is 1. The third-order valence-corrected chi connectivity index (χ3v) is 2.54. The van der Waals surface area contributed by atoms with E-state index in [0.29, 0.717) is 5.95 Å². The molecule has 0 saturated carbocycles. The number of phenolic OH excluding ortho intramolecular Hbond substituents is 1. The Morgan fingerprint density at radius 3 is 2.67 bits per heavy atom. The van der Waals surface area contributed by atoms with E-state index in [-0.39, 0.29) is 29.7 Å². The highest BCUT2D eigenvalue weighted by Crippen LogP contribution is 2.17. The predicted octanol–water partition coefficient (Wildman–Crippen LogP) is 0.582. The van der Waals surface area contributed by atoms with E-state index in [1.54, 1.807) is 31.1 Å². The van der Waals surface area contributed by atoms with Crippen molar-refractivity contribution < 1.29 is 14.6 Å². The SMILES string of the molecule is CN(C)c1nc(N)nc(COC(=O)c2ccccc2O)n1. The number of hydrogen-bond donors (Lipinski definition) is 2. The first kappa shape index (κ1) is 14.5. The van der Waals surface area contributed by atoms with Crippen LogP contribution in [-0.4, -0.2) is 40.1 Å². The Balaban J connectivity index is 2.10. The van der Waals surface area contributed by atoms with E-state index in [1.807, 2.05) is 0 Å². The van der Waals surface area contributed by atoms with Gasteiger partial charge in [-0.05, 0) is 12.1 Å². The Kier molecular flexibility index (Phi) is 4.17. The molecule has 0 fully saturated rings. The number of aromatic hydroxyl groups is 1. The molecule has 21 heavy (non-hydrogen) atoms. The Labute approximate surface area is 121 Å². The molecule has 0 spiro atoms. The van der Waals surface area contributed by atoms with E-state index in [1.165, 1.54) is 12.1 Å². The molecule has 2 rings (SSSR count). The third-order valence-electron chi connectivity index (χ3n) is 2.54. The molecule has 0 aliphatic carbocycles. The normalized spacial score (nSPS) is 10.2. The van der Waals surface area contributed by atoms with Gasteiger partial charge in [-0.15, -0.1) is 0 Å². The molecule has 0 atom stereocenters. The molecule has 0 saturated heterocycles. The van der Waals surface area contributed by atoms with Crippen molar-refractivity contribution in [3.05, 3.63) is 35.7 Å². The van der Waals surface area contributed by atoms with Crippen molar-refractivity contribution in [1.29, 1.82) is 0 Å². The van der Waals surface area contributed by atoms with E-state index in [9.17, 15) is 9.90 Å². The van der Waals surface area contributed by atoms with Crippen molar-refractivity contribution in [2.75, 3.05) is 24.7 Å². The minimum absolute atomic E-state index is 0.0438. The van der Waals surface area contributed by atoms with Crippen LogP contribution in [0.4, 0.5) is 11.9 Å². The molecule has 0 radical (unpaired) electrons. The molecule has 1 heterocycles. The lowest BCUT2D eigenvalue weighted by Gasteiger charge is -2.11. The fraction of sp³-hybridized carbons (Fsp3) is 0.231. The van der Waals surface area contributed by atoms with E-state index in [4.69, 9.17) is 10.5 Å². The van der Waals surface area contributed by atoms with Crippen LogP contribution in [0.1, 0.15) is 16.2 Å². The number of nitrogen functional groups attached to an aromatic ring is 1. The number of aromatic nitrogens is 3. The van der Waals surface area contributed by atoms with Crippen LogP contribution in [0.15, 0.2) is 24.3 Å².